The summed E-state index contributed by atoms with van der Waals surface area (Å²) in [6.45, 7) is 5.91. The van der Waals surface area contributed by atoms with Crippen molar-refractivity contribution in [3.63, 3.8) is 0 Å². The molecule has 1 aromatic rings. The second-order valence-electron chi connectivity index (χ2n) is 7.87. The van der Waals surface area contributed by atoms with E-state index in [1.165, 1.54) is 10.8 Å². The van der Waals surface area contributed by atoms with Gasteiger partial charge in [0.15, 0.2) is 0 Å². The van der Waals surface area contributed by atoms with Crippen molar-refractivity contribution in [3.05, 3.63) is 29.8 Å². The Morgan fingerprint density at radius 3 is 2.42 bits per heavy atom. The number of amides is 3. The van der Waals surface area contributed by atoms with E-state index in [1.807, 2.05) is 26.0 Å². The van der Waals surface area contributed by atoms with Crippen LogP contribution in [-0.4, -0.2) is 45.8 Å². The predicted octanol–water partition coefficient (Wildman–Crippen LogP) is 2.72. The molecule has 1 aliphatic heterocycles. The SMILES string of the molecule is C/C(=N\NC(=O)CC(C)(C)SSN)c1ccc(OCCCC(=O)ON2C(=O)CCC2=O)cc1. The van der Waals surface area contributed by atoms with Crippen LogP contribution in [0, 0.1) is 0 Å². The number of carbonyl (C=O) groups excluding carboxylic acids is 4. The molecule has 2 rings (SSSR count). The number of hydroxylamine groups is 2. The van der Waals surface area contributed by atoms with Gasteiger partial charge in [0.05, 0.1) is 18.7 Å². The van der Waals surface area contributed by atoms with Crippen molar-refractivity contribution in [2.24, 2.45) is 10.2 Å². The maximum atomic E-state index is 12.1. The van der Waals surface area contributed by atoms with Crippen molar-refractivity contribution in [2.75, 3.05) is 6.61 Å². The average molecular weight is 497 g/mol. The third-order valence-corrected chi connectivity index (χ3v) is 6.81. The van der Waals surface area contributed by atoms with Crippen molar-refractivity contribution in [3.8, 4) is 5.75 Å². The molecule has 33 heavy (non-hydrogen) atoms. The summed E-state index contributed by atoms with van der Waals surface area (Å²) in [6.07, 6.45) is 0.782. The number of carbonyl (C=O) groups is 4. The number of nitrogens with two attached hydrogens (primary N) is 1. The number of hydrogen-bond donors (Lipinski definition) is 2. The normalized spacial score (nSPS) is 14.4. The Kier molecular flexibility index (Phi) is 10.2. The first-order chi connectivity index (χ1) is 15.6. The molecule has 12 heteroatoms. The van der Waals surface area contributed by atoms with E-state index < -0.39 is 17.8 Å². The minimum absolute atomic E-state index is 0.0138. The number of nitrogens with zero attached hydrogens (tertiary/aromatic N) is 2. The van der Waals surface area contributed by atoms with Gasteiger partial charge in [0.25, 0.3) is 11.8 Å². The Bertz CT molecular complexity index is 889. The molecule has 0 bridgehead atoms. The van der Waals surface area contributed by atoms with Gasteiger partial charge in [-0.15, -0.1) is 5.06 Å². The summed E-state index contributed by atoms with van der Waals surface area (Å²) in [5.41, 5.74) is 4.02. The number of nitrogens with one attached hydrogen (secondary N) is 1. The maximum Gasteiger partial charge on any atom is 0.333 e. The van der Waals surface area contributed by atoms with Crippen LogP contribution in [0.1, 0.15) is 58.4 Å². The van der Waals surface area contributed by atoms with E-state index in [1.54, 1.807) is 19.1 Å². The molecule has 1 fully saturated rings. The van der Waals surface area contributed by atoms with Crippen molar-refractivity contribution in [2.45, 2.75) is 57.6 Å². The standard InChI is InChI=1S/C21H28N4O6S2/c1-14(23-24-17(26)13-21(2,3)32-33-22)15-6-8-16(9-7-15)30-12-4-5-20(29)31-25-18(27)10-11-19(25)28/h6-9H,4-5,10-13,22H2,1-3H3,(H,24,26)/b23-14+. The third kappa shape index (κ3) is 9.06. The predicted molar refractivity (Wildman–Crippen MR) is 127 cm³/mol. The number of rotatable bonds is 12. The van der Waals surface area contributed by atoms with E-state index in [-0.39, 0.29) is 42.9 Å². The fraction of sp³-hybridized carbons (Fsp3) is 0.476. The third-order valence-electron chi connectivity index (χ3n) is 4.47. The molecular formula is C21H28N4O6S2. The first-order valence-electron chi connectivity index (χ1n) is 10.3. The molecular weight excluding hydrogens is 468 g/mol. The molecule has 1 aliphatic rings. The molecule has 180 valence electrons. The lowest BCUT2D eigenvalue weighted by molar-refractivity contribution is -0.197. The highest BCUT2D eigenvalue weighted by atomic mass is 33.1. The van der Waals surface area contributed by atoms with Gasteiger partial charge in [-0.25, -0.2) is 10.2 Å². The van der Waals surface area contributed by atoms with Crippen molar-refractivity contribution in [1.29, 1.82) is 0 Å². The van der Waals surface area contributed by atoms with Crippen molar-refractivity contribution >= 4 is 51.2 Å². The summed E-state index contributed by atoms with van der Waals surface area (Å²) >= 11 is 0. The van der Waals surface area contributed by atoms with E-state index in [4.69, 9.17) is 14.7 Å². The van der Waals surface area contributed by atoms with Crippen LogP contribution in [0.5, 0.6) is 5.75 Å². The van der Waals surface area contributed by atoms with Crippen LogP contribution in [0.2, 0.25) is 0 Å². The van der Waals surface area contributed by atoms with E-state index in [0.29, 0.717) is 22.9 Å². The zero-order valence-electron chi connectivity index (χ0n) is 18.8. The van der Waals surface area contributed by atoms with Crippen LogP contribution >= 0.6 is 21.8 Å². The summed E-state index contributed by atoms with van der Waals surface area (Å²) in [4.78, 5) is 51.5. The van der Waals surface area contributed by atoms with Gasteiger partial charge in [0, 0.05) is 24.0 Å². The van der Waals surface area contributed by atoms with Crippen LogP contribution in [0.4, 0.5) is 0 Å². The van der Waals surface area contributed by atoms with Crippen molar-refractivity contribution in [1.82, 2.24) is 10.5 Å². The van der Waals surface area contributed by atoms with Crippen LogP contribution < -0.4 is 15.3 Å². The van der Waals surface area contributed by atoms with E-state index >= 15 is 0 Å². The molecule has 3 amide bonds. The monoisotopic (exact) mass is 496 g/mol. The highest BCUT2D eigenvalue weighted by Crippen LogP contribution is 2.34. The molecule has 10 nitrogen and oxygen atoms in total. The van der Waals surface area contributed by atoms with E-state index in [9.17, 15) is 19.2 Å². The lowest BCUT2D eigenvalue weighted by Gasteiger charge is -2.20. The first kappa shape index (κ1) is 26.7. The topological polar surface area (TPSA) is 140 Å². The molecule has 0 atom stereocenters. The number of ether oxygens (including phenoxy) is 1. The molecule has 1 heterocycles. The van der Waals surface area contributed by atoms with Gasteiger partial charge in [0.1, 0.15) is 5.75 Å². The molecule has 0 radical (unpaired) electrons. The Morgan fingerprint density at radius 1 is 1.18 bits per heavy atom. The molecule has 0 saturated carbocycles. The summed E-state index contributed by atoms with van der Waals surface area (Å²) < 4.78 is 5.30. The zero-order valence-corrected chi connectivity index (χ0v) is 20.4. The van der Waals surface area contributed by atoms with Crippen LogP contribution in [0.15, 0.2) is 29.4 Å². The highest BCUT2D eigenvalue weighted by molar-refractivity contribution is 8.76. The Balaban J connectivity index is 1.73. The Labute approximate surface area is 200 Å². The second kappa shape index (κ2) is 12.6. The minimum Gasteiger partial charge on any atom is -0.494 e. The smallest absolute Gasteiger partial charge is 0.333 e. The minimum atomic E-state index is -0.657. The lowest BCUT2D eigenvalue weighted by Crippen LogP contribution is -2.32. The summed E-state index contributed by atoms with van der Waals surface area (Å²) in [5.74, 6) is -1.26. The molecule has 0 spiro atoms. The highest BCUT2D eigenvalue weighted by Gasteiger charge is 2.32. The van der Waals surface area contributed by atoms with Gasteiger partial charge >= 0.3 is 5.97 Å². The summed E-state index contributed by atoms with van der Waals surface area (Å²) in [6, 6.07) is 7.14. The Morgan fingerprint density at radius 2 is 1.82 bits per heavy atom. The second-order valence-corrected chi connectivity index (χ2v) is 10.4. The summed E-state index contributed by atoms with van der Waals surface area (Å²) in [7, 11) is 2.55. The quantitative estimate of drug-likeness (QED) is 0.112. The van der Waals surface area contributed by atoms with Gasteiger partial charge in [-0.1, -0.05) is 10.8 Å². The number of benzene rings is 1. The Hall–Kier alpha value is -2.57. The van der Waals surface area contributed by atoms with Crippen molar-refractivity contribution < 1.29 is 28.8 Å². The molecule has 3 N–H and O–H groups in total. The molecule has 1 aromatic carbocycles. The van der Waals surface area contributed by atoms with Gasteiger partial charge in [0.2, 0.25) is 5.91 Å². The summed E-state index contributed by atoms with van der Waals surface area (Å²) in [5, 5.41) is 10.1. The van der Waals surface area contributed by atoms with Crippen LogP contribution in [0.25, 0.3) is 0 Å². The van der Waals surface area contributed by atoms with Crippen LogP contribution in [0.3, 0.4) is 0 Å². The first-order valence-corrected chi connectivity index (χ1v) is 12.5. The number of hydrazone groups is 1. The van der Waals surface area contributed by atoms with Gasteiger partial charge in [-0.3, -0.25) is 19.5 Å². The number of imide groups is 1. The maximum absolute atomic E-state index is 12.1. The zero-order chi connectivity index (χ0) is 24.4. The van der Waals surface area contributed by atoms with Gasteiger partial charge in [-0.2, -0.15) is 5.10 Å². The fourth-order valence-corrected chi connectivity index (χ4v) is 4.21. The van der Waals surface area contributed by atoms with Gasteiger partial charge < -0.3 is 9.57 Å². The van der Waals surface area contributed by atoms with E-state index in [2.05, 4.69) is 10.5 Å². The molecule has 0 unspecified atom stereocenters. The number of hydrogen-bond acceptors (Lipinski definition) is 10. The molecule has 0 aromatic heterocycles. The van der Waals surface area contributed by atoms with E-state index in [0.717, 1.165) is 16.5 Å². The van der Waals surface area contributed by atoms with Gasteiger partial charge in [-0.05, 0) is 68.0 Å². The fourth-order valence-electron chi connectivity index (χ4n) is 2.80. The molecule has 0 aliphatic carbocycles. The average Bonchev–Trinajstić information content (AvgIpc) is 3.07. The lowest BCUT2D eigenvalue weighted by atomic mass is 10.1. The van der Waals surface area contributed by atoms with Crippen LogP contribution in [-0.2, 0) is 24.0 Å². The molecule has 1 saturated heterocycles. The largest absolute Gasteiger partial charge is 0.494 e.